The third kappa shape index (κ3) is 3.13. The number of piperidine rings is 1. The van der Waals surface area contributed by atoms with Crippen LogP contribution in [0.2, 0.25) is 0 Å². The fraction of sp³-hybridized carbons (Fsp3) is 0.500. The summed E-state index contributed by atoms with van der Waals surface area (Å²) in [6.45, 7) is 2.81. The van der Waals surface area contributed by atoms with Crippen molar-refractivity contribution in [2.24, 2.45) is 0 Å². The summed E-state index contributed by atoms with van der Waals surface area (Å²) in [5.74, 6) is 2.55. The summed E-state index contributed by atoms with van der Waals surface area (Å²) >= 11 is 0. The Morgan fingerprint density at radius 2 is 2.09 bits per heavy atom. The quantitative estimate of drug-likeness (QED) is 0.867. The summed E-state index contributed by atoms with van der Waals surface area (Å²) in [6, 6.07) is 10.1. The van der Waals surface area contributed by atoms with Gasteiger partial charge in [-0.2, -0.15) is 10.2 Å². The number of hydrogen-bond donors (Lipinski definition) is 0. The van der Waals surface area contributed by atoms with Gasteiger partial charge in [-0.15, -0.1) is 0 Å². The van der Waals surface area contributed by atoms with Crippen molar-refractivity contribution in [1.82, 2.24) is 15.0 Å². The zero-order chi connectivity index (χ0) is 15.6. The smallest absolute Gasteiger partial charge is 0.229 e. The molecule has 2 fully saturated rings. The topological polar surface area (TPSA) is 66.0 Å². The van der Waals surface area contributed by atoms with Crippen LogP contribution in [0.4, 0.5) is 0 Å². The van der Waals surface area contributed by atoms with E-state index < -0.39 is 0 Å². The maximum Gasteiger partial charge on any atom is 0.229 e. The van der Waals surface area contributed by atoms with Crippen molar-refractivity contribution >= 4 is 0 Å². The van der Waals surface area contributed by atoms with Gasteiger partial charge in [0.05, 0.1) is 11.6 Å². The van der Waals surface area contributed by atoms with Gasteiger partial charge in [-0.1, -0.05) is 23.4 Å². The van der Waals surface area contributed by atoms with Crippen LogP contribution in [0.15, 0.2) is 28.8 Å². The average molecular weight is 308 g/mol. The van der Waals surface area contributed by atoms with E-state index in [1.165, 1.54) is 12.8 Å². The van der Waals surface area contributed by atoms with Gasteiger partial charge in [-0.25, -0.2) is 0 Å². The first-order valence-electron chi connectivity index (χ1n) is 8.37. The Balaban J connectivity index is 1.45. The SMILES string of the molecule is N#Cc1ccccc1CN1CCC[C@H](c2noc(C3CC3)n2)C1. The van der Waals surface area contributed by atoms with E-state index in [9.17, 15) is 5.26 Å². The first kappa shape index (κ1) is 14.4. The van der Waals surface area contributed by atoms with Gasteiger partial charge in [0.1, 0.15) is 0 Å². The maximum atomic E-state index is 9.24. The van der Waals surface area contributed by atoms with E-state index in [0.717, 1.165) is 55.3 Å². The van der Waals surface area contributed by atoms with E-state index in [1.807, 2.05) is 24.3 Å². The predicted octanol–water partition coefficient (Wildman–Crippen LogP) is 3.20. The highest BCUT2D eigenvalue weighted by atomic mass is 16.5. The molecule has 118 valence electrons. The lowest BCUT2D eigenvalue weighted by Gasteiger charge is -2.31. The van der Waals surface area contributed by atoms with Crippen LogP contribution >= 0.6 is 0 Å². The summed E-state index contributed by atoms with van der Waals surface area (Å²) in [6.07, 6.45) is 4.61. The Morgan fingerprint density at radius 3 is 2.91 bits per heavy atom. The van der Waals surface area contributed by atoms with Gasteiger partial charge in [-0.3, -0.25) is 4.90 Å². The highest BCUT2D eigenvalue weighted by Crippen LogP contribution is 2.39. The van der Waals surface area contributed by atoms with Crippen molar-refractivity contribution in [2.45, 2.75) is 44.1 Å². The molecule has 0 amide bonds. The maximum absolute atomic E-state index is 9.24. The molecule has 2 aromatic rings. The minimum Gasteiger partial charge on any atom is -0.339 e. The van der Waals surface area contributed by atoms with Gasteiger partial charge >= 0.3 is 0 Å². The molecule has 1 aromatic carbocycles. The Bertz CT molecular complexity index is 729. The molecule has 4 rings (SSSR count). The van der Waals surface area contributed by atoms with Gasteiger partial charge < -0.3 is 4.52 Å². The minimum atomic E-state index is 0.342. The van der Waals surface area contributed by atoms with Crippen molar-refractivity contribution in [2.75, 3.05) is 13.1 Å². The molecule has 5 heteroatoms. The van der Waals surface area contributed by atoms with Crippen LogP contribution in [0.25, 0.3) is 0 Å². The number of likely N-dealkylation sites (tertiary alicyclic amines) is 1. The zero-order valence-electron chi connectivity index (χ0n) is 13.1. The van der Waals surface area contributed by atoms with Crippen LogP contribution in [-0.2, 0) is 6.54 Å². The predicted molar refractivity (Wildman–Crippen MR) is 84.7 cm³/mol. The van der Waals surface area contributed by atoms with Gasteiger partial charge in [0, 0.05) is 24.9 Å². The second kappa shape index (κ2) is 6.13. The third-order valence-corrected chi connectivity index (χ3v) is 4.79. The van der Waals surface area contributed by atoms with Crippen LogP contribution < -0.4 is 0 Å². The molecule has 1 saturated heterocycles. The molecule has 2 aliphatic rings. The van der Waals surface area contributed by atoms with Crippen molar-refractivity contribution < 1.29 is 4.52 Å². The highest BCUT2D eigenvalue weighted by molar-refractivity contribution is 5.37. The summed E-state index contributed by atoms with van der Waals surface area (Å²) in [7, 11) is 0. The normalized spacial score (nSPS) is 22.0. The second-order valence-electron chi connectivity index (χ2n) is 6.61. The van der Waals surface area contributed by atoms with Crippen LogP contribution in [-0.4, -0.2) is 28.1 Å². The lowest BCUT2D eigenvalue weighted by molar-refractivity contribution is 0.194. The first-order chi connectivity index (χ1) is 11.3. The number of benzene rings is 1. The summed E-state index contributed by atoms with van der Waals surface area (Å²) in [5, 5.41) is 13.4. The third-order valence-electron chi connectivity index (χ3n) is 4.79. The largest absolute Gasteiger partial charge is 0.339 e. The summed E-state index contributed by atoms with van der Waals surface area (Å²) in [5.41, 5.74) is 1.87. The van der Waals surface area contributed by atoms with E-state index in [0.29, 0.717) is 11.8 Å². The first-order valence-corrected chi connectivity index (χ1v) is 8.37. The molecule has 1 aliphatic heterocycles. The molecule has 2 heterocycles. The molecular formula is C18H20N4O. The van der Waals surface area contributed by atoms with Gasteiger partial charge in [0.25, 0.3) is 0 Å². The molecule has 1 aliphatic carbocycles. The van der Waals surface area contributed by atoms with E-state index in [1.54, 1.807) is 0 Å². The summed E-state index contributed by atoms with van der Waals surface area (Å²) < 4.78 is 5.41. The Labute approximate surface area is 135 Å². The standard InChI is InChI=1S/C18H20N4O/c19-10-14-4-1-2-5-15(14)11-22-9-3-6-16(12-22)17-20-18(23-21-17)13-7-8-13/h1-2,4-5,13,16H,3,6-9,11-12H2/t16-/m0/s1. The van der Waals surface area contributed by atoms with E-state index >= 15 is 0 Å². The average Bonchev–Trinajstić information content (AvgIpc) is 3.33. The lowest BCUT2D eigenvalue weighted by Crippen LogP contribution is -2.34. The fourth-order valence-electron chi connectivity index (χ4n) is 3.33. The van der Waals surface area contributed by atoms with Gasteiger partial charge in [0.2, 0.25) is 5.89 Å². The molecular weight excluding hydrogens is 288 g/mol. The molecule has 1 saturated carbocycles. The molecule has 1 aromatic heterocycles. The molecule has 0 unspecified atom stereocenters. The van der Waals surface area contributed by atoms with Crippen molar-refractivity contribution in [1.29, 1.82) is 5.26 Å². The monoisotopic (exact) mass is 308 g/mol. The lowest BCUT2D eigenvalue weighted by atomic mass is 9.96. The van der Waals surface area contributed by atoms with Crippen molar-refractivity contribution in [3.05, 3.63) is 47.1 Å². The Morgan fingerprint density at radius 1 is 1.22 bits per heavy atom. The Hall–Kier alpha value is -2.19. The van der Waals surface area contributed by atoms with E-state index in [4.69, 9.17) is 4.52 Å². The van der Waals surface area contributed by atoms with Crippen LogP contribution in [0, 0.1) is 11.3 Å². The molecule has 5 nitrogen and oxygen atoms in total. The second-order valence-corrected chi connectivity index (χ2v) is 6.61. The number of nitrogens with zero attached hydrogens (tertiary/aromatic N) is 4. The number of nitriles is 1. The molecule has 23 heavy (non-hydrogen) atoms. The minimum absolute atomic E-state index is 0.342. The van der Waals surface area contributed by atoms with Crippen LogP contribution in [0.5, 0.6) is 0 Å². The molecule has 0 N–H and O–H groups in total. The van der Waals surface area contributed by atoms with Crippen LogP contribution in [0.3, 0.4) is 0 Å². The highest BCUT2D eigenvalue weighted by Gasteiger charge is 2.32. The Kier molecular flexibility index (Phi) is 3.84. The number of rotatable bonds is 4. The summed E-state index contributed by atoms with van der Waals surface area (Å²) in [4.78, 5) is 7.01. The molecule has 0 radical (unpaired) electrons. The zero-order valence-corrected chi connectivity index (χ0v) is 13.1. The molecule has 1 atom stereocenters. The van der Waals surface area contributed by atoms with Crippen LogP contribution in [0.1, 0.15) is 60.4 Å². The van der Waals surface area contributed by atoms with E-state index in [2.05, 4.69) is 21.1 Å². The molecule has 0 spiro atoms. The molecule has 0 bridgehead atoms. The van der Waals surface area contributed by atoms with Gasteiger partial charge in [-0.05, 0) is 43.9 Å². The van der Waals surface area contributed by atoms with Gasteiger partial charge in [0.15, 0.2) is 5.82 Å². The van der Waals surface area contributed by atoms with Crippen molar-refractivity contribution in [3.8, 4) is 6.07 Å². The number of hydrogen-bond acceptors (Lipinski definition) is 5. The number of aromatic nitrogens is 2. The fourth-order valence-corrected chi connectivity index (χ4v) is 3.33. The van der Waals surface area contributed by atoms with E-state index in [-0.39, 0.29) is 0 Å². The van der Waals surface area contributed by atoms with Crippen molar-refractivity contribution in [3.63, 3.8) is 0 Å².